The third kappa shape index (κ3) is 2.93. The van der Waals surface area contributed by atoms with Crippen LogP contribution in [0.2, 0.25) is 0 Å². The Morgan fingerprint density at radius 2 is 2.10 bits per heavy atom. The first-order chi connectivity index (χ1) is 9.43. The van der Waals surface area contributed by atoms with Gasteiger partial charge in [0.1, 0.15) is 11.5 Å². The van der Waals surface area contributed by atoms with E-state index in [1.165, 1.54) is 11.6 Å². The largest absolute Gasteiger partial charge is 0.508 e. The molecule has 2 unspecified atom stereocenters. The van der Waals surface area contributed by atoms with Crippen LogP contribution in [0.15, 0.2) is 35.9 Å². The van der Waals surface area contributed by atoms with E-state index in [4.69, 9.17) is 0 Å². The van der Waals surface area contributed by atoms with Gasteiger partial charge in [-0.3, -0.25) is 0 Å². The molecule has 0 aromatic heterocycles. The van der Waals surface area contributed by atoms with Gasteiger partial charge in [0.25, 0.3) is 0 Å². The Morgan fingerprint density at radius 1 is 1.40 bits per heavy atom. The van der Waals surface area contributed by atoms with Gasteiger partial charge in [-0.05, 0) is 44.2 Å². The summed E-state index contributed by atoms with van der Waals surface area (Å²) in [5.41, 5.74) is 4.34. The standard InChI is InChI=1S/C17H21BrO2/c1-10(2)14-5-4-11(3)6-15(14)17-12(9-18)7-13(19)8-16(17)20/h6-8,14-15,19-20H,1,4-5,9H2,2-3H3. The number of hydrogen-bond donors (Lipinski definition) is 2. The van der Waals surface area contributed by atoms with E-state index in [-0.39, 0.29) is 17.4 Å². The lowest BCUT2D eigenvalue weighted by Gasteiger charge is -2.32. The molecule has 1 aliphatic carbocycles. The van der Waals surface area contributed by atoms with E-state index in [0.717, 1.165) is 29.5 Å². The van der Waals surface area contributed by atoms with Crippen LogP contribution in [0.5, 0.6) is 11.5 Å². The van der Waals surface area contributed by atoms with Crippen molar-refractivity contribution in [2.75, 3.05) is 0 Å². The van der Waals surface area contributed by atoms with Gasteiger partial charge in [0.2, 0.25) is 0 Å². The van der Waals surface area contributed by atoms with E-state index in [1.54, 1.807) is 6.07 Å². The zero-order valence-electron chi connectivity index (χ0n) is 12.0. The summed E-state index contributed by atoms with van der Waals surface area (Å²) in [5, 5.41) is 20.6. The Kier molecular flexibility index (Phi) is 4.59. The number of hydrogen-bond acceptors (Lipinski definition) is 2. The first-order valence-electron chi connectivity index (χ1n) is 6.87. The third-order valence-electron chi connectivity index (χ3n) is 4.09. The summed E-state index contributed by atoms with van der Waals surface area (Å²) in [5.74, 6) is 0.743. The molecule has 20 heavy (non-hydrogen) atoms. The number of phenolic OH excluding ortho intramolecular Hbond substituents is 2. The quantitative estimate of drug-likeness (QED) is 0.601. The Labute approximate surface area is 129 Å². The van der Waals surface area contributed by atoms with Crippen LogP contribution in [-0.4, -0.2) is 10.2 Å². The van der Waals surface area contributed by atoms with Crippen molar-refractivity contribution in [3.05, 3.63) is 47.1 Å². The van der Waals surface area contributed by atoms with Crippen LogP contribution >= 0.6 is 15.9 Å². The number of rotatable bonds is 3. The summed E-state index contributed by atoms with van der Waals surface area (Å²) in [6, 6.07) is 3.14. The predicted octanol–water partition coefficient (Wildman–Crippen LogP) is 5.01. The average molecular weight is 337 g/mol. The van der Waals surface area contributed by atoms with Crippen molar-refractivity contribution in [2.45, 2.75) is 37.9 Å². The van der Waals surface area contributed by atoms with E-state index < -0.39 is 0 Å². The van der Waals surface area contributed by atoms with Crippen molar-refractivity contribution >= 4 is 15.9 Å². The third-order valence-corrected chi connectivity index (χ3v) is 4.69. The summed E-state index contributed by atoms with van der Waals surface area (Å²) in [6.45, 7) is 8.30. The molecule has 2 atom stereocenters. The van der Waals surface area contributed by atoms with Crippen molar-refractivity contribution in [3.8, 4) is 11.5 Å². The zero-order chi connectivity index (χ0) is 14.9. The first kappa shape index (κ1) is 15.2. The molecule has 0 saturated carbocycles. The minimum Gasteiger partial charge on any atom is -0.508 e. The summed E-state index contributed by atoms with van der Waals surface area (Å²) >= 11 is 3.45. The van der Waals surface area contributed by atoms with Crippen LogP contribution < -0.4 is 0 Å². The first-order valence-corrected chi connectivity index (χ1v) is 7.99. The Hall–Kier alpha value is -1.22. The van der Waals surface area contributed by atoms with Gasteiger partial charge < -0.3 is 10.2 Å². The lowest BCUT2D eigenvalue weighted by Crippen LogP contribution is -2.18. The molecule has 0 amide bonds. The van der Waals surface area contributed by atoms with Crippen LogP contribution in [0.4, 0.5) is 0 Å². The highest BCUT2D eigenvalue weighted by molar-refractivity contribution is 9.08. The number of aromatic hydroxyl groups is 2. The smallest absolute Gasteiger partial charge is 0.123 e. The van der Waals surface area contributed by atoms with Crippen molar-refractivity contribution in [2.24, 2.45) is 5.92 Å². The van der Waals surface area contributed by atoms with Gasteiger partial charge in [0, 0.05) is 22.9 Å². The minimum atomic E-state index is 0.101. The second-order valence-corrected chi connectivity index (χ2v) is 6.26. The van der Waals surface area contributed by atoms with Crippen LogP contribution in [0.1, 0.15) is 43.7 Å². The van der Waals surface area contributed by atoms with Gasteiger partial charge >= 0.3 is 0 Å². The molecule has 0 saturated heterocycles. The molecule has 108 valence electrons. The zero-order valence-corrected chi connectivity index (χ0v) is 13.6. The Balaban J connectivity index is 2.57. The molecular formula is C17H21BrO2. The molecule has 3 heteroatoms. The number of alkyl halides is 1. The topological polar surface area (TPSA) is 40.5 Å². The second kappa shape index (κ2) is 6.04. The summed E-state index contributed by atoms with van der Waals surface area (Å²) < 4.78 is 0. The number of halogens is 1. The Bertz CT molecular complexity index is 560. The molecule has 2 N–H and O–H groups in total. The SMILES string of the molecule is C=C(C)C1CCC(C)=CC1c1c(O)cc(O)cc1CBr. The second-order valence-electron chi connectivity index (χ2n) is 5.70. The van der Waals surface area contributed by atoms with Crippen LogP contribution in [-0.2, 0) is 5.33 Å². The molecule has 1 aromatic rings. The minimum absolute atomic E-state index is 0.101. The maximum absolute atomic E-state index is 10.3. The molecular weight excluding hydrogens is 316 g/mol. The molecule has 1 aliphatic rings. The van der Waals surface area contributed by atoms with E-state index in [9.17, 15) is 10.2 Å². The summed E-state index contributed by atoms with van der Waals surface area (Å²) in [6.07, 6.45) is 4.38. The average Bonchev–Trinajstić information content (AvgIpc) is 2.37. The van der Waals surface area contributed by atoms with Gasteiger partial charge in [-0.2, -0.15) is 0 Å². The fraction of sp³-hybridized carbons (Fsp3) is 0.412. The highest BCUT2D eigenvalue weighted by Gasteiger charge is 2.29. The van der Waals surface area contributed by atoms with Crippen molar-refractivity contribution in [3.63, 3.8) is 0 Å². The predicted molar refractivity (Wildman–Crippen MR) is 86.4 cm³/mol. The van der Waals surface area contributed by atoms with E-state index in [2.05, 4.69) is 42.4 Å². The summed E-state index contributed by atoms with van der Waals surface area (Å²) in [7, 11) is 0. The van der Waals surface area contributed by atoms with Gasteiger partial charge in [0.05, 0.1) is 0 Å². The molecule has 0 radical (unpaired) electrons. The number of allylic oxidation sites excluding steroid dienone is 3. The van der Waals surface area contributed by atoms with E-state index >= 15 is 0 Å². The highest BCUT2D eigenvalue weighted by atomic mass is 79.9. The van der Waals surface area contributed by atoms with Crippen molar-refractivity contribution in [1.29, 1.82) is 0 Å². The summed E-state index contributed by atoms with van der Waals surface area (Å²) in [4.78, 5) is 0. The van der Waals surface area contributed by atoms with Crippen molar-refractivity contribution < 1.29 is 10.2 Å². The fourth-order valence-electron chi connectivity index (χ4n) is 3.08. The highest BCUT2D eigenvalue weighted by Crippen LogP contribution is 2.45. The van der Waals surface area contributed by atoms with Gasteiger partial charge in [-0.15, -0.1) is 0 Å². The van der Waals surface area contributed by atoms with E-state index in [1.807, 2.05) is 0 Å². The normalized spacial score (nSPS) is 22.4. The molecule has 2 nitrogen and oxygen atoms in total. The fourth-order valence-corrected chi connectivity index (χ4v) is 3.55. The lowest BCUT2D eigenvalue weighted by molar-refractivity contribution is 0.424. The van der Waals surface area contributed by atoms with Crippen molar-refractivity contribution in [1.82, 2.24) is 0 Å². The Morgan fingerprint density at radius 3 is 2.70 bits per heavy atom. The number of phenols is 2. The monoisotopic (exact) mass is 336 g/mol. The number of benzene rings is 1. The molecule has 0 aliphatic heterocycles. The van der Waals surface area contributed by atoms with Gasteiger partial charge in [-0.25, -0.2) is 0 Å². The maximum Gasteiger partial charge on any atom is 0.123 e. The lowest BCUT2D eigenvalue weighted by atomic mass is 9.73. The van der Waals surface area contributed by atoms with Gasteiger partial charge in [0.15, 0.2) is 0 Å². The molecule has 0 heterocycles. The molecule has 2 rings (SSSR count). The van der Waals surface area contributed by atoms with Gasteiger partial charge in [-0.1, -0.05) is 39.7 Å². The molecule has 0 bridgehead atoms. The van der Waals surface area contributed by atoms with Crippen LogP contribution in [0, 0.1) is 5.92 Å². The molecule has 0 fully saturated rings. The maximum atomic E-state index is 10.3. The van der Waals surface area contributed by atoms with E-state index in [0.29, 0.717) is 11.2 Å². The van der Waals surface area contributed by atoms with Crippen LogP contribution in [0.25, 0.3) is 0 Å². The molecule has 0 spiro atoms. The molecule has 1 aromatic carbocycles. The van der Waals surface area contributed by atoms with Crippen LogP contribution in [0.3, 0.4) is 0 Å².